The Kier molecular flexibility index (Phi) is 11.3. The molecule has 1 aromatic carbocycles. The van der Waals surface area contributed by atoms with Crippen LogP contribution in [0, 0.1) is 6.92 Å². The van der Waals surface area contributed by atoms with Crippen LogP contribution >= 0.6 is 24.0 Å². The number of ether oxygens (including phenoxy) is 2. The summed E-state index contributed by atoms with van der Waals surface area (Å²) in [7, 11) is 1.86. The van der Waals surface area contributed by atoms with Gasteiger partial charge in [0.2, 0.25) is 10.0 Å². The lowest BCUT2D eigenvalue weighted by Crippen LogP contribution is -2.47. The number of halogens is 1. The highest BCUT2D eigenvalue weighted by molar-refractivity contribution is 14.0. The Morgan fingerprint density at radius 2 is 1.76 bits per heavy atom. The van der Waals surface area contributed by atoms with E-state index >= 15 is 0 Å². The van der Waals surface area contributed by atoms with Gasteiger partial charge in [0.1, 0.15) is 0 Å². The van der Waals surface area contributed by atoms with Crippen molar-refractivity contribution in [3.8, 4) is 11.5 Å². The predicted molar refractivity (Wildman–Crippen MR) is 129 cm³/mol. The average molecular weight is 542 g/mol. The van der Waals surface area contributed by atoms with E-state index in [2.05, 4.69) is 15.0 Å². The first kappa shape index (κ1) is 27.7. The number of hydrogen-bond donors (Lipinski definition) is 2. The molecule has 0 aliphatic rings. The van der Waals surface area contributed by atoms with E-state index in [1.165, 1.54) is 0 Å². The first-order valence-electron chi connectivity index (χ1n) is 9.12. The van der Waals surface area contributed by atoms with Gasteiger partial charge in [-0.25, -0.2) is 13.1 Å². The lowest BCUT2D eigenvalue weighted by Gasteiger charge is -2.27. The van der Waals surface area contributed by atoms with Crippen LogP contribution < -0.4 is 19.5 Å². The number of methoxy groups -OCH3 is 2. The van der Waals surface area contributed by atoms with Gasteiger partial charge in [0.15, 0.2) is 17.5 Å². The van der Waals surface area contributed by atoms with Gasteiger partial charge >= 0.3 is 0 Å². The molecular weight excluding hydrogens is 507 g/mol. The summed E-state index contributed by atoms with van der Waals surface area (Å²) in [5.74, 6) is 2.07. The van der Waals surface area contributed by atoms with E-state index in [4.69, 9.17) is 9.47 Å². The SMILES string of the molecule is CCNC(=NCC(C)(C)NS(C)(=O)=O)N(C)Cc1cc(OC)c(OC)cc1C.I. The number of nitrogens with zero attached hydrogens (tertiary/aromatic N) is 2. The Labute approximate surface area is 192 Å². The van der Waals surface area contributed by atoms with Gasteiger partial charge in [-0.15, -0.1) is 24.0 Å². The van der Waals surface area contributed by atoms with E-state index in [0.717, 1.165) is 17.4 Å². The van der Waals surface area contributed by atoms with Crippen LogP contribution in [-0.4, -0.2) is 65.4 Å². The lowest BCUT2D eigenvalue weighted by atomic mass is 10.1. The third kappa shape index (κ3) is 9.39. The molecular formula is C19H35IN4O4S. The fourth-order valence-electron chi connectivity index (χ4n) is 2.80. The van der Waals surface area contributed by atoms with Crippen molar-refractivity contribution in [3.05, 3.63) is 23.3 Å². The molecule has 0 aromatic heterocycles. The second-order valence-corrected chi connectivity index (χ2v) is 9.17. The molecule has 0 bridgehead atoms. The summed E-state index contributed by atoms with van der Waals surface area (Å²) in [5.41, 5.74) is 1.48. The van der Waals surface area contributed by atoms with E-state index < -0.39 is 15.6 Å². The number of rotatable bonds is 9. The average Bonchev–Trinajstić information content (AvgIpc) is 2.57. The predicted octanol–water partition coefficient (Wildman–Crippen LogP) is 2.36. The third-order valence-corrected chi connectivity index (χ3v) is 4.96. The zero-order valence-corrected chi connectivity index (χ0v) is 21.8. The molecule has 0 aliphatic heterocycles. The minimum Gasteiger partial charge on any atom is -0.493 e. The van der Waals surface area contributed by atoms with Gasteiger partial charge < -0.3 is 19.7 Å². The molecule has 0 heterocycles. The van der Waals surface area contributed by atoms with Crippen molar-refractivity contribution in [2.75, 3.05) is 40.6 Å². The Morgan fingerprint density at radius 3 is 2.24 bits per heavy atom. The Hall–Kier alpha value is -1.27. The smallest absolute Gasteiger partial charge is 0.209 e. The molecule has 0 spiro atoms. The fourth-order valence-corrected chi connectivity index (χ4v) is 3.87. The summed E-state index contributed by atoms with van der Waals surface area (Å²) >= 11 is 0. The zero-order chi connectivity index (χ0) is 21.5. The molecule has 0 saturated heterocycles. The Morgan fingerprint density at radius 1 is 1.21 bits per heavy atom. The van der Waals surface area contributed by atoms with Crippen LogP contribution in [0.5, 0.6) is 11.5 Å². The van der Waals surface area contributed by atoms with Gasteiger partial charge in [-0.2, -0.15) is 0 Å². The minimum absolute atomic E-state index is 0. The van der Waals surface area contributed by atoms with Crippen LogP contribution in [0.2, 0.25) is 0 Å². The second-order valence-electron chi connectivity index (χ2n) is 7.42. The molecule has 0 radical (unpaired) electrons. The van der Waals surface area contributed by atoms with Crippen LogP contribution in [0.25, 0.3) is 0 Å². The molecule has 0 aliphatic carbocycles. The van der Waals surface area contributed by atoms with E-state index in [-0.39, 0.29) is 24.0 Å². The molecule has 0 unspecified atom stereocenters. The van der Waals surface area contributed by atoms with E-state index in [1.54, 1.807) is 28.1 Å². The number of guanidine groups is 1. The number of aliphatic imine (C=N–C) groups is 1. The van der Waals surface area contributed by atoms with E-state index in [0.29, 0.717) is 37.1 Å². The van der Waals surface area contributed by atoms with Gasteiger partial charge in [-0.1, -0.05) is 0 Å². The Balaban J connectivity index is 0.00000784. The molecule has 29 heavy (non-hydrogen) atoms. The van der Waals surface area contributed by atoms with Crippen molar-refractivity contribution in [2.24, 2.45) is 4.99 Å². The molecule has 2 N–H and O–H groups in total. The summed E-state index contributed by atoms with van der Waals surface area (Å²) in [6.45, 7) is 9.24. The van der Waals surface area contributed by atoms with Gasteiger partial charge in [0, 0.05) is 25.7 Å². The van der Waals surface area contributed by atoms with Crippen molar-refractivity contribution in [2.45, 2.75) is 39.8 Å². The highest BCUT2D eigenvalue weighted by Crippen LogP contribution is 2.30. The summed E-state index contributed by atoms with van der Waals surface area (Å²) in [5, 5.41) is 3.25. The monoisotopic (exact) mass is 542 g/mol. The van der Waals surface area contributed by atoms with Crippen molar-refractivity contribution in [1.29, 1.82) is 0 Å². The molecule has 0 amide bonds. The van der Waals surface area contributed by atoms with Crippen LogP contribution in [0.3, 0.4) is 0 Å². The molecule has 0 atom stereocenters. The van der Waals surface area contributed by atoms with E-state index in [1.807, 2.05) is 37.9 Å². The highest BCUT2D eigenvalue weighted by Gasteiger charge is 2.22. The van der Waals surface area contributed by atoms with Crippen molar-refractivity contribution in [3.63, 3.8) is 0 Å². The summed E-state index contributed by atoms with van der Waals surface area (Å²) in [6.07, 6.45) is 1.15. The molecule has 168 valence electrons. The molecule has 1 rings (SSSR count). The number of hydrogen-bond acceptors (Lipinski definition) is 5. The maximum absolute atomic E-state index is 11.5. The summed E-state index contributed by atoms with van der Waals surface area (Å²) < 4.78 is 36.4. The largest absolute Gasteiger partial charge is 0.493 e. The van der Waals surface area contributed by atoms with Gasteiger partial charge in [-0.3, -0.25) is 4.99 Å². The molecule has 0 fully saturated rings. The van der Waals surface area contributed by atoms with Crippen LogP contribution in [-0.2, 0) is 16.6 Å². The number of benzene rings is 1. The quantitative estimate of drug-likeness (QED) is 0.283. The first-order valence-corrected chi connectivity index (χ1v) is 11.0. The van der Waals surface area contributed by atoms with Gasteiger partial charge in [0.25, 0.3) is 0 Å². The molecule has 10 heteroatoms. The summed E-state index contributed by atoms with van der Waals surface area (Å²) in [4.78, 5) is 6.61. The van der Waals surface area contributed by atoms with Gasteiger partial charge in [-0.05, 0) is 51.0 Å². The molecule has 8 nitrogen and oxygen atoms in total. The van der Waals surface area contributed by atoms with Crippen molar-refractivity contribution < 1.29 is 17.9 Å². The van der Waals surface area contributed by atoms with Crippen LogP contribution in [0.1, 0.15) is 31.9 Å². The van der Waals surface area contributed by atoms with Crippen molar-refractivity contribution >= 4 is 40.0 Å². The molecule has 1 aromatic rings. The zero-order valence-electron chi connectivity index (χ0n) is 18.6. The van der Waals surface area contributed by atoms with Crippen LogP contribution in [0.15, 0.2) is 17.1 Å². The first-order chi connectivity index (χ1) is 12.9. The van der Waals surface area contributed by atoms with Crippen LogP contribution in [0.4, 0.5) is 0 Å². The lowest BCUT2D eigenvalue weighted by molar-refractivity contribution is 0.353. The fraction of sp³-hybridized carbons (Fsp3) is 0.632. The minimum atomic E-state index is -3.31. The third-order valence-electron chi connectivity index (χ3n) is 4.03. The van der Waals surface area contributed by atoms with Crippen molar-refractivity contribution in [1.82, 2.24) is 14.9 Å². The summed E-state index contributed by atoms with van der Waals surface area (Å²) in [6, 6.07) is 3.91. The Bertz CT molecular complexity index is 798. The second kappa shape index (κ2) is 11.8. The normalized spacial score (nSPS) is 12.2. The standard InChI is InChI=1S/C19H34N4O4S.HI/c1-9-20-18(21-13-19(3,4)22-28(8,24)25)23(5)12-15-11-17(27-7)16(26-6)10-14(15)2;/h10-11,22H,9,12-13H2,1-8H3,(H,20,21);1H. The number of nitrogens with one attached hydrogen (secondary N) is 2. The highest BCUT2D eigenvalue weighted by atomic mass is 127. The molecule has 0 saturated carbocycles. The van der Waals surface area contributed by atoms with Gasteiger partial charge in [0.05, 0.1) is 27.0 Å². The maximum Gasteiger partial charge on any atom is 0.209 e. The number of sulfonamides is 1. The topological polar surface area (TPSA) is 92.3 Å². The number of aryl methyl sites for hydroxylation is 1. The van der Waals surface area contributed by atoms with E-state index in [9.17, 15) is 8.42 Å². The maximum atomic E-state index is 11.5.